The summed E-state index contributed by atoms with van der Waals surface area (Å²) in [5.41, 5.74) is 5.74. The van der Waals surface area contributed by atoms with Gasteiger partial charge in [0.05, 0.1) is 19.7 Å². The van der Waals surface area contributed by atoms with Crippen LogP contribution in [0.25, 0.3) is 0 Å². The van der Waals surface area contributed by atoms with Crippen LogP contribution in [0.1, 0.15) is 18.4 Å². The number of benzene rings is 1. The monoisotopic (exact) mass is 358 g/mol. The Morgan fingerprint density at radius 1 is 1.31 bits per heavy atom. The standard InChI is InChI=1S/C18H22N4O4/c1-26-10-9-21-15(19)14(16(23)20-18(21)25)22(17(24)13-7-8-13)11-12-5-3-2-4-6-12/h2-6,13H,7-11,19H2,1H3,(H,20,23,25). The number of H-pyrrole nitrogens is 1. The summed E-state index contributed by atoms with van der Waals surface area (Å²) in [6.07, 6.45) is 1.59. The smallest absolute Gasteiger partial charge is 0.330 e. The first-order chi connectivity index (χ1) is 12.5. The van der Waals surface area contributed by atoms with Crippen LogP contribution in [0, 0.1) is 5.92 Å². The lowest BCUT2D eigenvalue weighted by Gasteiger charge is -2.24. The molecule has 1 fully saturated rings. The molecular formula is C18H22N4O4. The maximum atomic E-state index is 12.8. The van der Waals surface area contributed by atoms with Crippen LogP contribution in [-0.4, -0.2) is 29.2 Å². The topological polar surface area (TPSA) is 110 Å². The van der Waals surface area contributed by atoms with Crippen molar-refractivity contribution in [2.75, 3.05) is 24.4 Å². The van der Waals surface area contributed by atoms with Crippen molar-refractivity contribution in [1.29, 1.82) is 0 Å². The highest BCUT2D eigenvalue weighted by Crippen LogP contribution is 2.33. The molecule has 0 aliphatic heterocycles. The van der Waals surface area contributed by atoms with Crippen LogP contribution < -0.4 is 21.9 Å². The van der Waals surface area contributed by atoms with E-state index in [0.29, 0.717) is 0 Å². The number of ether oxygens (including phenoxy) is 1. The molecule has 1 saturated carbocycles. The summed E-state index contributed by atoms with van der Waals surface area (Å²) in [6, 6.07) is 9.35. The van der Waals surface area contributed by atoms with E-state index in [2.05, 4.69) is 4.98 Å². The van der Waals surface area contributed by atoms with E-state index in [0.717, 1.165) is 18.4 Å². The zero-order chi connectivity index (χ0) is 18.7. The van der Waals surface area contributed by atoms with Crippen molar-refractivity contribution >= 4 is 17.4 Å². The number of nitrogens with one attached hydrogen (secondary N) is 1. The Hall–Kier alpha value is -2.87. The van der Waals surface area contributed by atoms with E-state index in [9.17, 15) is 14.4 Å². The predicted molar refractivity (Wildman–Crippen MR) is 98.0 cm³/mol. The van der Waals surface area contributed by atoms with E-state index < -0.39 is 11.2 Å². The summed E-state index contributed by atoms with van der Waals surface area (Å²) < 4.78 is 6.21. The van der Waals surface area contributed by atoms with Crippen LogP contribution in [0.15, 0.2) is 39.9 Å². The molecule has 8 nitrogen and oxygen atoms in total. The predicted octanol–water partition coefficient (Wildman–Crippen LogP) is 0.708. The molecule has 1 aromatic heterocycles. The first-order valence-corrected chi connectivity index (χ1v) is 8.49. The Balaban J connectivity index is 2.06. The van der Waals surface area contributed by atoms with Crippen LogP contribution in [0.5, 0.6) is 0 Å². The number of carbonyl (C=O) groups excluding carboxylic acids is 1. The molecule has 1 aromatic carbocycles. The highest BCUT2D eigenvalue weighted by atomic mass is 16.5. The van der Waals surface area contributed by atoms with Crippen LogP contribution in [0.4, 0.5) is 11.5 Å². The van der Waals surface area contributed by atoms with Gasteiger partial charge < -0.3 is 10.5 Å². The van der Waals surface area contributed by atoms with Gasteiger partial charge in [0.25, 0.3) is 5.56 Å². The number of amides is 1. The number of nitrogens with zero attached hydrogens (tertiary/aromatic N) is 2. The van der Waals surface area contributed by atoms with E-state index in [-0.39, 0.29) is 43.0 Å². The summed E-state index contributed by atoms with van der Waals surface area (Å²) in [5.74, 6) is -0.277. The zero-order valence-electron chi connectivity index (χ0n) is 14.6. The SMILES string of the molecule is COCCn1c(N)c(N(Cc2ccccc2)C(=O)C2CC2)c(=O)[nH]c1=O. The van der Waals surface area contributed by atoms with Gasteiger partial charge in [-0.15, -0.1) is 0 Å². The second-order valence-corrected chi connectivity index (χ2v) is 6.32. The molecule has 0 saturated heterocycles. The molecule has 3 rings (SSSR count). The Morgan fingerprint density at radius 2 is 2.00 bits per heavy atom. The average molecular weight is 358 g/mol. The van der Waals surface area contributed by atoms with E-state index in [4.69, 9.17) is 10.5 Å². The zero-order valence-corrected chi connectivity index (χ0v) is 14.6. The lowest BCUT2D eigenvalue weighted by Crippen LogP contribution is -2.41. The molecule has 3 N–H and O–H groups in total. The maximum Gasteiger partial charge on any atom is 0.330 e. The third-order valence-electron chi connectivity index (χ3n) is 4.38. The van der Waals surface area contributed by atoms with Crippen molar-refractivity contribution in [1.82, 2.24) is 9.55 Å². The molecular weight excluding hydrogens is 336 g/mol. The van der Waals surface area contributed by atoms with Gasteiger partial charge in [-0.25, -0.2) is 4.79 Å². The van der Waals surface area contributed by atoms with Gasteiger partial charge in [-0.2, -0.15) is 0 Å². The fourth-order valence-electron chi connectivity index (χ4n) is 2.83. The lowest BCUT2D eigenvalue weighted by atomic mass is 10.2. The number of hydrogen-bond donors (Lipinski definition) is 2. The summed E-state index contributed by atoms with van der Waals surface area (Å²) in [4.78, 5) is 41.1. The van der Waals surface area contributed by atoms with Gasteiger partial charge in [0.15, 0.2) is 5.69 Å². The summed E-state index contributed by atoms with van der Waals surface area (Å²) >= 11 is 0. The van der Waals surface area contributed by atoms with E-state index in [1.54, 1.807) is 0 Å². The van der Waals surface area contributed by atoms with E-state index in [1.807, 2.05) is 30.3 Å². The number of aromatic amines is 1. The molecule has 0 unspecified atom stereocenters. The third-order valence-corrected chi connectivity index (χ3v) is 4.38. The minimum atomic E-state index is -0.661. The second-order valence-electron chi connectivity index (χ2n) is 6.32. The number of carbonyl (C=O) groups is 1. The van der Waals surface area contributed by atoms with Crippen molar-refractivity contribution in [2.45, 2.75) is 25.9 Å². The molecule has 2 aromatic rings. The molecule has 1 aliphatic carbocycles. The Kier molecular flexibility index (Phi) is 5.22. The molecule has 1 aliphatic rings. The van der Waals surface area contributed by atoms with Crippen LogP contribution in [0.3, 0.4) is 0 Å². The highest BCUT2D eigenvalue weighted by Gasteiger charge is 2.36. The van der Waals surface area contributed by atoms with E-state index >= 15 is 0 Å². The molecule has 0 radical (unpaired) electrons. The number of methoxy groups -OCH3 is 1. The van der Waals surface area contributed by atoms with Crippen LogP contribution >= 0.6 is 0 Å². The quantitative estimate of drug-likeness (QED) is 0.757. The minimum absolute atomic E-state index is 0.0152. The van der Waals surface area contributed by atoms with Crippen molar-refractivity contribution in [3.63, 3.8) is 0 Å². The molecule has 1 amide bonds. The average Bonchev–Trinajstić information content (AvgIpc) is 3.46. The number of aromatic nitrogens is 2. The molecule has 138 valence electrons. The minimum Gasteiger partial charge on any atom is -0.383 e. The number of anilines is 2. The molecule has 0 spiro atoms. The highest BCUT2D eigenvalue weighted by molar-refractivity contribution is 5.98. The first kappa shape index (κ1) is 17.9. The molecule has 8 heteroatoms. The number of nitrogen functional groups attached to an aromatic ring is 1. The molecule has 0 atom stereocenters. The van der Waals surface area contributed by atoms with Gasteiger partial charge in [-0.3, -0.25) is 24.0 Å². The van der Waals surface area contributed by atoms with Gasteiger partial charge in [0.1, 0.15) is 5.82 Å². The normalized spacial score (nSPS) is 13.6. The van der Waals surface area contributed by atoms with Crippen LogP contribution in [0.2, 0.25) is 0 Å². The van der Waals surface area contributed by atoms with Gasteiger partial charge in [0, 0.05) is 13.0 Å². The lowest BCUT2D eigenvalue weighted by molar-refractivity contribution is -0.119. The molecule has 0 bridgehead atoms. The number of nitrogens with two attached hydrogens (primary N) is 1. The Morgan fingerprint density at radius 3 is 2.62 bits per heavy atom. The Bertz CT molecular complexity index is 900. The van der Waals surface area contributed by atoms with Crippen molar-refractivity contribution < 1.29 is 9.53 Å². The Labute approximate surface area is 150 Å². The van der Waals surface area contributed by atoms with Crippen LogP contribution in [-0.2, 0) is 22.6 Å². The molecule has 26 heavy (non-hydrogen) atoms. The van der Waals surface area contributed by atoms with Gasteiger partial charge in [-0.1, -0.05) is 30.3 Å². The first-order valence-electron chi connectivity index (χ1n) is 8.49. The number of hydrogen-bond acceptors (Lipinski definition) is 5. The van der Waals surface area contributed by atoms with Gasteiger partial charge in [0.2, 0.25) is 5.91 Å². The molecule has 1 heterocycles. The van der Waals surface area contributed by atoms with Crippen molar-refractivity contribution in [3.05, 3.63) is 56.7 Å². The maximum absolute atomic E-state index is 12.8. The van der Waals surface area contributed by atoms with Gasteiger partial charge in [-0.05, 0) is 18.4 Å². The fraction of sp³-hybridized carbons (Fsp3) is 0.389. The summed E-state index contributed by atoms with van der Waals surface area (Å²) in [6.45, 7) is 0.651. The van der Waals surface area contributed by atoms with Crippen molar-refractivity contribution in [2.24, 2.45) is 5.92 Å². The second kappa shape index (κ2) is 7.57. The number of rotatable bonds is 7. The fourth-order valence-corrected chi connectivity index (χ4v) is 2.83. The largest absolute Gasteiger partial charge is 0.383 e. The summed E-state index contributed by atoms with van der Waals surface area (Å²) in [7, 11) is 1.51. The van der Waals surface area contributed by atoms with Gasteiger partial charge >= 0.3 is 5.69 Å². The van der Waals surface area contributed by atoms with Crippen molar-refractivity contribution in [3.8, 4) is 0 Å². The van der Waals surface area contributed by atoms with E-state index in [1.165, 1.54) is 16.6 Å². The summed E-state index contributed by atoms with van der Waals surface area (Å²) in [5, 5.41) is 0. The third kappa shape index (κ3) is 3.70.